The summed E-state index contributed by atoms with van der Waals surface area (Å²) >= 11 is 0. The standard InChI is InChI=1S/C18H16F3N5/c1-12(13-7-3-2-4-8-13)23-17-25-16(11-22-26-17)24-15-10-6-5-9-14(15)18(19,20)21/h2-12H,1H3,(H2,23,24,25,26). The van der Waals surface area contributed by atoms with Gasteiger partial charge in [0, 0.05) is 0 Å². The quantitative estimate of drug-likeness (QED) is 0.685. The molecule has 0 amide bonds. The van der Waals surface area contributed by atoms with Gasteiger partial charge in [-0.05, 0) is 24.6 Å². The Bertz CT molecular complexity index is 868. The third-order valence-corrected chi connectivity index (χ3v) is 3.70. The predicted octanol–water partition coefficient (Wildman–Crippen LogP) is 4.81. The van der Waals surface area contributed by atoms with Gasteiger partial charge < -0.3 is 10.6 Å². The monoisotopic (exact) mass is 359 g/mol. The smallest absolute Gasteiger partial charge is 0.346 e. The van der Waals surface area contributed by atoms with Crippen LogP contribution in [0.5, 0.6) is 0 Å². The van der Waals surface area contributed by atoms with Gasteiger partial charge in [0.05, 0.1) is 23.5 Å². The molecule has 0 spiro atoms. The van der Waals surface area contributed by atoms with Crippen LogP contribution in [0.1, 0.15) is 24.1 Å². The molecule has 0 fully saturated rings. The topological polar surface area (TPSA) is 62.7 Å². The summed E-state index contributed by atoms with van der Waals surface area (Å²) in [6.45, 7) is 1.93. The van der Waals surface area contributed by atoms with Gasteiger partial charge >= 0.3 is 6.18 Å². The lowest BCUT2D eigenvalue weighted by Crippen LogP contribution is -2.12. The Balaban J connectivity index is 1.79. The molecule has 134 valence electrons. The highest BCUT2D eigenvalue weighted by molar-refractivity contribution is 5.61. The van der Waals surface area contributed by atoms with E-state index in [0.29, 0.717) is 0 Å². The molecule has 1 aromatic heterocycles. The number of alkyl halides is 3. The van der Waals surface area contributed by atoms with E-state index < -0.39 is 11.7 Å². The van der Waals surface area contributed by atoms with E-state index in [9.17, 15) is 13.2 Å². The minimum absolute atomic E-state index is 0.0873. The molecular weight excluding hydrogens is 343 g/mol. The van der Waals surface area contributed by atoms with Crippen molar-refractivity contribution in [1.82, 2.24) is 15.2 Å². The number of hydrogen-bond acceptors (Lipinski definition) is 5. The van der Waals surface area contributed by atoms with Crippen molar-refractivity contribution in [3.63, 3.8) is 0 Å². The van der Waals surface area contributed by atoms with Crippen LogP contribution in [0.25, 0.3) is 0 Å². The summed E-state index contributed by atoms with van der Waals surface area (Å²) in [5.74, 6) is 0.385. The average molecular weight is 359 g/mol. The van der Waals surface area contributed by atoms with Crippen molar-refractivity contribution < 1.29 is 13.2 Å². The average Bonchev–Trinajstić information content (AvgIpc) is 2.62. The lowest BCUT2D eigenvalue weighted by atomic mass is 10.1. The van der Waals surface area contributed by atoms with Gasteiger partial charge in [0.25, 0.3) is 0 Å². The maximum Gasteiger partial charge on any atom is 0.418 e. The molecule has 1 unspecified atom stereocenters. The Hall–Kier alpha value is -3.16. The molecule has 0 aliphatic carbocycles. The molecule has 2 aromatic carbocycles. The molecule has 0 aliphatic rings. The number of aromatic nitrogens is 3. The number of hydrogen-bond donors (Lipinski definition) is 2. The molecule has 0 saturated carbocycles. The maximum atomic E-state index is 13.1. The van der Waals surface area contributed by atoms with Crippen LogP contribution in [0.3, 0.4) is 0 Å². The van der Waals surface area contributed by atoms with E-state index in [2.05, 4.69) is 25.8 Å². The van der Waals surface area contributed by atoms with Crippen molar-refractivity contribution in [2.45, 2.75) is 19.1 Å². The summed E-state index contributed by atoms with van der Waals surface area (Å²) in [5.41, 5.74) is 0.158. The van der Waals surface area contributed by atoms with Crippen molar-refractivity contribution in [2.24, 2.45) is 0 Å². The summed E-state index contributed by atoms with van der Waals surface area (Å²) in [6.07, 6.45) is -3.20. The second-order valence-corrected chi connectivity index (χ2v) is 5.61. The number of benzene rings is 2. The summed E-state index contributed by atoms with van der Waals surface area (Å²) in [5, 5.41) is 13.4. The molecule has 3 aromatic rings. The molecular formula is C18H16F3N5. The second-order valence-electron chi connectivity index (χ2n) is 5.61. The molecule has 8 heteroatoms. The number of nitrogens with zero attached hydrogens (tertiary/aromatic N) is 3. The SMILES string of the molecule is CC(Nc1nncc(Nc2ccccc2C(F)(F)F)n1)c1ccccc1. The van der Waals surface area contributed by atoms with Gasteiger partial charge in [0.2, 0.25) is 5.95 Å². The van der Waals surface area contributed by atoms with Crippen LogP contribution in [0.2, 0.25) is 0 Å². The van der Waals surface area contributed by atoms with E-state index in [1.54, 1.807) is 0 Å². The van der Waals surface area contributed by atoms with Crippen molar-refractivity contribution in [2.75, 3.05) is 10.6 Å². The van der Waals surface area contributed by atoms with Crippen LogP contribution in [0.15, 0.2) is 60.8 Å². The number of nitrogens with one attached hydrogen (secondary N) is 2. The lowest BCUT2D eigenvalue weighted by molar-refractivity contribution is -0.136. The molecule has 0 radical (unpaired) electrons. The molecule has 2 N–H and O–H groups in total. The van der Waals surface area contributed by atoms with Gasteiger partial charge in [0.15, 0.2) is 5.82 Å². The molecule has 0 aliphatic heterocycles. The van der Waals surface area contributed by atoms with E-state index in [-0.39, 0.29) is 23.5 Å². The maximum absolute atomic E-state index is 13.1. The largest absolute Gasteiger partial charge is 0.418 e. The van der Waals surface area contributed by atoms with Crippen LogP contribution in [0.4, 0.5) is 30.6 Å². The highest BCUT2D eigenvalue weighted by Crippen LogP contribution is 2.35. The molecule has 5 nitrogen and oxygen atoms in total. The zero-order valence-corrected chi connectivity index (χ0v) is 13.8. The summed E-state index contributed by atoms with van der Waals surface area (Å²) < 4.78 is 39.3. The first-order chi connectivity index (χ1) is 12.4. The van der Waals surface area contributed by atoms with Crippen LogP contribution in [-0.2, 0) is 6.18 Å². The second kappa shape index (κ2) is 7.38. The zero-order chi connectivity index (χ0) is 18.6. The third-order valence-electron chi connectivity index (χ3n) is 3.70. The molecule has 26 heavy (non-hydrogen) atoms. The number of halogens is 3. The van der Waals surface area contributed by atoms with E-state index in [0.717, 1.165) is 11.6 Å². The molecule has 3 rings (SSSR count). The van der Waals surface area contributed by atoms with Crippen LogP contribution in [0, 0.1) is 0 Å². The van der Waals surface area contributed by atoms with Crippen LogP contribution in [-0.4, -0.2) is 15.2 Å². The first kappa shape index (κ1) is 17.7. The molecule has 1 heterocycles. The number of anilines is 3. The van der Waals surface area contributed by atoms with E-state index in [4.69, 9.17) is 0 Å². The van der Waals surface area contributed by atoms with Gasteiger partial charge in [-0.25, -0.2) is 0 Å². The van der Waals surface area contributed by atoms with Crippen LogP contribution >= 0.6 is 0 Å². The summed E-state index contributed by atoms with van der Waals surface area (Å²) in [4.78, 5) is 4.19. The molecule has 0 bridgehead atoms. The van der Waals surface area contributed by atoms with Crippen molar-refractivity contribution in [1.29, 1.82) is 0 Å². The third kappa shape index (κ3) is 4.27. The first-order valence-corrected chi connectivity index (χ1v) is 7.88. The fraction of sp³-hybridized carbons (Fsp3) is 0.167. The normalized spacial score (nSPS) is 12.5. The van der Waals surface area contributed by atoms with Gasteiger partial charge in [-0.3, -0.25) is 0 Å². The molecule has 1 atom stereocenters. The van der Waals surface area contributed by atoms with Gasteiger partial charge in [0.1, 0.15) is 0 Å². The van der Waals surface area contributed by atoms with Crippen molar-refractivity contribution in [3.05, 3.63) is 71.9 Å². The van der Waals surface area contributed by atoms with E-state index in [1.807, 2.05) is 37.3 Å². The minimum Gasteiger partial charge on any atom is -0.346 e. The van der Waals surface area contributed by atoms with E-state index in [1.165, 1.54) is 24.4 Å². The Morgan fingerprint density at radius 1 is 0.962 bits per heavy atom. The predicted molar refractivity (Wildman–Crippen MR) is 93.0 cm³/mol. The Morgan fingerprint density at radius 2 is 1.65 bits per heavy atom. The minimum atomic E-state index is -4.47. The highest BCUT2D eigenvalue weighted by atomic mass is 19.4. The summed E-state index contributed by atoms with van der Waals surface area (Å²) in [6, 6.07) is 14.8. The Morgan fingerprint density at radius 3 is 2.38 bits per heavy atom. The number of rotatable bonds is 5. The Kier molecular flexibility index (Phi) is 5.01. The highest BCUT2D eigenvalue weighted by Gasteiger charge is 2.33. The summed E-state index contributed by atoms with van der Waals surface area (Å²) in [7, 11) is 0. The molecule has 0 saturated heterocycles. The Labute approximate surface area is 148 Å². The van der Waals surface area contributed by atoms with Gasteiger partial charge in [-0.2, -0.15) is 23.3 Å². The fourth-order valence-electron chi connectivity index (χ4n) is 2.42. The number of para-hydroxylation sites is 1. The van der Waals surface area contributed by atoms with Gasteiger partial charge in [-0.15, -0.1) is 5.10 Å². The first-order valence-electron chi connectivity index (χ1n) is 7.88. The van der Waals surface area contributed by atoms with E-state index >= 15 is 0 Å². The van der Waals surface area contributed by atoms with Gasteiger partial charge in [-0.1, -0.05) is 42.5 Å². The fourth-order valence-corrected chi connectivity index (χ4v) is 2.42. The van der Waals surface area contributed by atoms with Crippen molar-refractivity contribution >= 4 is 17.5 Å². The van der Waals surface area contributed by atoms with Crippen molar-refractivity contribution in [3.8, 4) is 0 Å². The van der Waals surface area contributed by atoms with Crippen LogP contribution < -0.4 is 10.6 Å². The lowest BCUT2D eigenvalue weighted by Gasteiger charge is -2.15. The zero-order valence-electron chi connectivity index (χ0n) is 13.8.